The summed E-state index contributed by atoms with van der Waals surface area (Å²) in [6, 6.07) is 0.194. The SMILES string of the molecule is Cc1csc(C(C)Nc2ncc[nH]2)n1. The number of aromatic amines is 1. The van der Waals surface area contributed by atoms with Crippen LogP contribution in [-0.4, -0.2) is 15.0 Å². The minimum absolute atomic E-state index is 0.194. The Bertz CT molecular complexity index is 393. The van der Waals surface area contributed by atoms with Crippen LogP contribution in [0.1, 0.15) is 23.7 Å². The van der Waals surface area contributed by atoms with Crippen LogP contribution in [0.15, 0.2) is 17.8 Å². The number of hydrogen-bond donors (Lipinski definition) is 2. The van der Waals surface area contributed by atoms with E-state index >= 15 is 0 Å². The molecule has 0 amide bonds. The number of nitrogens with zero attached hydrogens (tertiary/aromatic N) is 2. The summed E-state index contributed by atoms with van der Waals surface area (Å²) in [5.41, 5.74) is 1.07. The number of aryl methyl sites for hydroxylation is 1. The van der Waals surface area contributed by atoms with Crippen molar-refractivity contribution in [3.63, 3.8) is 0 Å². The van der Waals surface area contributed by atoms with Gasteiger partial charge in [0.05, 0.1) is 6.04 Å². The Morgan fingerprint density at radius 3 is 3.00 bits per heavy atom. The fourth-order valence-electron chi connectivity index (χ4n) is 1.18. The zero-order valence-electron chi connectivity index (χ0n) is 8.11. The molecule has 14 heavy (non-hydrogen) atoms. The van der Waals surface area contributed by atoms with E-state index in [9.17, 15) is 0 Å². The van der Waals surface area contributed by atoms with Gasteiger partial charge in [0.1, 0.15) is 5.01 Å². The van der Waals surface area contributed by atoms with Crippen molar-refractivity contribution in [1.29, 1.82) is 0 Å². The van der Waals surface area contributed by atoms with Gasteiger partial charge < -0.3 is 10.3 Å². The van der Waals surface area contributed by atoms with Gasteiger partial charge in [0.2, 0.25) is 5.95 Å². The fraction of sp³-hybridized carbons (Fsp3) is 0.333. The molecule has 2 rings (SSSR count). The average molecular weight is 208 g/mol. The zero-order chi connectivity index (χ0) is 9.97. The first-order valence-corrected chi connectivity index (χ1v) is 5.31. The molecule has 0 aliphatic rings. The number of thiazole rings is 1. The largest absolute Gasteiger partial charge is 0.347 e. The Morgan fingerprint density at radius 1 is 1.57 bits per heavy atom. The van der Waals surface area contributed by atoms with Crippen molar-refractivity contribution in [2.45, 2.75) is 19.9 Å². The second-order valence-electron chi connectivity index (χ2n) is 3.13. The van der Waals surface area contributed by atoms with Crippen LogP contribution < -0.4 is 5.32 Å². The van der Waals surface area contributed by atoms with Gasteiger partial charge in [0, 0.05) is 23.5 Å². The van der Waals surface area contributed by atoms with Gasteiger partial charge in [-0.2, -0.15) is 0 Å². The van der Waals surface area contributed by atoms with Crippen LogP contribution in [0.25, 0.3) is 0 Å². The van der Waals surface area contributed by atoms with Crippen molar-refractivity contribution in [3.05, 3.63) is 28.5 Å². The van der Waals surface area contributed by atoms with Gasteiger partial charge in [-0.05, 0) is 13.8 Å². The number of hydrogen-bond acceptors (Lipinski definition) is 4. The molecule has 0 bridgehead atoms. The van der Waals surface area contributed by atoms with Crippen molar-refractivity contribution in [1.82, 2.24) is 15.0 Å². The molecule has 5 heteroatoms. The lowest BCUT2D eigenvalue weighted by atomic mass is 10.3. The van der Waals surface area contributed by atoms with Crippen molar-refractivity contribution in [2.75, 3.05) is 5.32 Å². The molecule has 0 fully saturated rings. The van der Waals surface area contributed by atoms with Crippen LogP contribution in [0.2, 0.25) is 0 Å². The van der Waals surface area contributed by atoms with Crippen molar-refractivity contribution < 1.29 is 0 Å². The van der Waals surface area contributed by atoms with E-state index in [1.807, 2.05) is 6.92 Å². The van der Waals surface area contributed by atoms with Gasteiger partial charge in [-0.15, -0.1) is 11.3 Å². The second kappa shape index (κ2) is 3.79. The van der Waals surface area contributed by atoms with Crippen LogP contribution in [0.4, 0.5) is 5.95 Å². The topological polar surface area (TPSA) is 53.6 Å². The monoisotopic (exact) mass is 208 g/mol. The maximum absolute atomic E-state index is 4.41. The molecule has 0 aliphatic carbocycles. The van der Waals surface area contributed by atoms with E-state index in [4.69, 9.17) is 0 Å². The summed E-state index contributed by atoms with van der Waals surface area (Å²) < 4.78 is 0. The highest BCUT2D eigenvalue weighted by Gasteiger charge is 2.09. The summed E-state index contributed by atoms with van der Waals surface area (Å²) in [6.45, 7) is 4.07. The molecule has 0 saturated heterocycles. The highest BCUT2D eigenvalue weighted by molar-refractivity contribution is 7.09. The third-order valence-corrected chi connectivity index (χ3v) is 3.00. The number of aromatic nitrogens is 3. The van der Waals surface area contributed by atoms with E-state index in [1.165, 1.54) is 0 Å². The summed E-state index contributed by atoms with van der Waals surface area (Å²) in [6.07, 6.45) is 3.52. The summed E-state index contributed by atoms with van der Waals surface area (Å²) in [5.74, 6) is 0.783. The minimum atomic E-state index is 0.194. The number of rotatable bonds is 3. The highest BCUT2D eigenvalue weighted by atomic mass is 32.1. The highest BCUT2D eigenvalue weighted by Crippen LogP contribution is 2.20. The normalized spacial score (nSPS) is 12.7. The molecule has 0 radical (unpaired) electrons. The zero-order valence-corrected chi connectivity index (χ0v) is 8.93. The molecule has 74 valence electrons. The molecular weight excluding hydrogens is 196 g/mol. The number of anilines is 1. The Balaban J connectivity index is 2.06. The van der Waals surface area contributed by atoms with E-state index in [-0.39, 0.29) is 6.04 Å². The number of H-pyrrole nitrogens is 1. The molecule has 1 atom stereocenters. The summed E-state index contributed by atoms with van der Waals surface area (Å²) >= 11 is 1.66. The summed E-state index contributed by atoms with van der Waals surface area (Å²) in [5, 5.41) is 6.37. The van der Waals surface area contributed by atoms with E-state index in [0.717, 1.165) is 16.6 Å². The minimum Gasteiger partial charge on any atom is -0.347 e. The lowest BCUT2D eigenvalue weighted by molar-refractivity contribution is 0.849. The maximum atomic E-state index is 4.41. The van der Waals surface area contributed by atoms with Gasteiger partial charge in [0.25, 0.3) is 0 Å². The smallest absolute Gasteiger partial charge is 0.200 e. The molecule has 2 heterocycles. The molecule has 0 aromatic carbocycles. The molecule has 2 N–H and O–H groups in total. The van der Waals surface area contributed by atoms with Crippen LogP contribution in [0, 0.1) is 6.92 Å². The van der Waals surface area contributed by atoms with Crippen molar-refractivity contribution in [2.24, 2.45) is 0 Å². The Hall–Kier alpha value is -1.36. The molecule has 0 aliphatic heterocycles. The third kappa shape index (κ3) is 1.93. The quantitative estimate of drug-likeness (QED) is 0.814. The van der Waals surface area contributed by atoms with E-state index in [0.29, 0.717) is 0 Å². The predicted molar refractivity (Wildman–Crippen MR) is 57.5 cm³/mol. The molecule has 2 aromatic rings. The second-order valence-corrected chi connectivity index (χ2v) is 4.02. The summed E-state index contributed by atoms with van der Waals surface area (Å²) in [4.78, 5) is 11.5. The molecule has 0 spiro atoms. The Morgan fingerprint density at radius 2 is 2.43 bits per heavy atom. The lowest BCUT2D eigenvalue weighted by Gasteiger charge is -2.09. The van der Waals surface area contributed by atoms with Gasteiger partial charge >= 0.3 is 0 Å². The number of nitrogens with one attached hydrogen (secondary N) is 2. The van der Waals surface area contributed by atoms with E-state index in [1.54, 1.807) is 23.7 Å². The van der Waals surface area contributed by atoms with Gasteiger partial charge in [-0.1, -0.05) is 0 Å². The van der Waals surface area contributed by atoms with Crippen LogP contribution in [0.5, 0.6) is 0 Å². The van der Waals surface area contributed by atoms with Crippen LogP contribution >= 0.6 is 11.3 Å². The van der Waals surface area contributed by atoms with Gasteiger partial charge in [-0.25, -0.2) is 9.97 Å². The lowest BCUT2D eigenvalue weighted by Crippen LogP contribution is -2.07. The number of imidazole rings is 1. The van der Waals surface area contributed by atoms with Crippen LogP contribution in [-0.2, 0) is 0 Å². The molecular formula is C9H12N4S. The average Bonchev–Trinajstić information content (AvgIpc) is 2.75. The van der Waals surface area contributed by atoms with Gasteiger partial charge in [0.15, 0.2) is 0 Å². The maximum Gasteiger partial charge on any atom is 0.200 e. The standard InChI is InChI=1S/C9H12N4S/c1-6-5-14-8(12-6)7(2)13-9-10-3-4-11-9/h3-5,7H,1-2H3,(H2,10,11,13). The van der Waals surface area contributed by atoms with E-state index < -0.39 is 0 Å². The Labute approximate surface area is 86.4 Å². The van der Waals surface area contributed by atoms with Crippen molar-refractivity contribution in [3.8, 4) is 0 Å². The predicted octanol–water partition coefficient (Wildman–Crippen LogP) is 2.35. The summed E-state index contributed by atoms with van der Waals surface area (Å²) in [7, 11) is 0. The first-order chi connectivity index (χ1) is 6.75. The molecule has 1 unspecified atom stereocenters. The van der Waals surface area contributed by atoms with Gasteiger partial charge in [-0.3, -0.25) is 0 Å². The fourth-order valence-corrected chi connectivity index (χ4v) is 1.99. The van der Waals surface area contributed by atoms with Crippen molar-refractivity contribution >= 4 is 17.3 Å². The third-order valence-electron chi connectivity index (χ3n) is 1.86. The first kappa shape index (κ1) is 9.21. The molecule has 2 aromatic heterocycles. The first-order valence-electron chi connectivity index (χ1n) is 4.43. The molecule has 4 nitrogen and oxygen atoms in total. The van der Waals surface area contributed by atoms with Crippen LogP contribution in [0.3, 0.4) is 0 Å². The Kier molecular flexibility index (Phi) is 2.49. The van der Waals surface area contributed by atoms with E-state index in [2.05, 4.69) is 32.6 Å². The molecule has 0 saturated carbocycles.